The standard InChI is InChI=1S/C20H43N.C2H4O2/c1-5-7-9-11-12-13-15-17-19(21)20(3,4)18-16-14-10-8-6-2;1-2(3)4/h19H,5-18,21H2,1-4H3;1H3,(H,3,4). The summed E-state index contributed by atoms with van der Waals surface area (Å²) >= 11 is 0. The molecule has 0 bridgehead atoms. The van der Waals surface area contributed by atoms with E-state index in [4.69, 9.17) is 15.6 Å². The summed E-state index contributed by atoms with van der Waals surface area (Å²) in [5.41, 5.74) is 6.78. The van der Waals surface area contributed by atoms with Crippen LogP contribution in [0.5, 0.6) is 0 Å². The second-order valence-electron chi connectivity index (χ2n) is 8.19. The maximum absolute atomic E-state index is 9.00. The third kappa shape index (κ3) is 21.4. The number of carboxylic acid groups (broad SMARTS) is 1. The predicted molar refractivity (Wildman–Crippen MR) is 111 cm³/mol. The molecule has 0 aromatic rings. The minimum atomic E-state index is -0.833. The normalized spacial score (nSPS) is 12.4. The van der Waals surface area contributed by atoms with E-state index in [0.29, 0.717) is 11.5 Å². The van der Waals surface area contributed by atoms with Gasteiger partial charge in [-0.1, -0.05) is 105 Å². The summed E-state index contributed by atoms with van der Waals surface area (Å²) in [6.07, 6.45) is 19.1. The molecule has 0 aliphatic carbocycles. The molecule has 0 aromatic carbocycles. The zero-order valence-electron chi connectivity index (χ0n) is 17.9. The lowest BCUT2D eigenvalue weighted by Gasteiger charge is -2.32. The second-order valence-corrected chi connectivity index (χ2v) is 8.19. The fraction of sp³-hybridized carbons (Fsp3) is 0.955. The molecule has 0 amide bonds. The minimum Gasteiger partial charge on any atom is -0.481 e. The van der Waals surface area contributed by atoms with E-state index < -0.39 is 5.97 Å². The van der Waals surface area contributed by atoms with E-state index in [2.05, 4.69) is 27.7 Å². The third-order valence-corrected chi connectivity index (χ3v) is 5.05. The number of rotatable bonds is 15. The van der Waals surface area contributed by atoms with Crippen molar-refractivity contribution in [2.24, 2.45) is 11.1 Å². The van der Waals surface area contributed by atoms with E-state index in [9.17, 15) is 0 Å². The van der Waals surface area contributed by atoms with Crippen LogP contribution in [0.3, 0.4) is 0 Å². The van der Waals surface area contributed by atoms with Crippen LogP contribution in [0.2, 0.25) is 0 Å². The molecular formula is C22H47NO2. The Hall–Kier alpha value is -0.570. The summed E-state index contributed by atoms with van der Waals surface area (Å²) < 4.78 is 0. The number of nitrogens with two attached hydrogens (primary N) is 1. The Morgan fingerprint density at radius 1 is 0.840 bits per heavy atom. The molecule has 3 heteroatoms. The fourth-order valence-electron chi connectivity index (χ4n) is 3.08. The largest absolute Gasteiger partial charge is 0.481 e. The number of unbranched alkanes of at least 4 members (excludes halogenated alkanes) is 10. The fourth-order valence-corrected chi connectivity index (χ4v) is 3.08. The van der Waals surface area contributed by atoms with E-state index in [-0.39, 0.29) is 0 Å². The summed E-state index contributed by atoms with van der Waals surface area (Å²) in [5.74, 6) is -0.833. The first-order valence-electron chi connectivity index (χ1n) is 10.7. The highest BCUT2D eigenvalue weighted by Crippen LogP contribution is 2.29. The zero-order valence-corrected chi connectivity index (χ0v) is 17.9. The van der Waals surface area contributed by atoms with Crippen LogP contribution in [0.1, 0.15) is 125 Å². The van der Waals surface area contributed by atoms with Crippen LogP contribution >= 0.6 is 0 Å². The van der Waals surface area contributed by atoms with Crippen LogP contribution in [0.15, 0.2) is 0 Å². The quantitative estimate of drug-likeness (QED) is 0.312. The van der Waals surface area contributed by atoms with Crippen LogP contribution in [0, 0.1) is 5.41 Å². The monoisotopic (exact) mass is 357 g/mol. The molecule has 0 aliphatic heterocycles. The van der Waals surface area contributed by atoms with Gasteiger partial charge in [0.25, 0.3) is 5.97 Å². The summed E-state index contributed by atoms with van der Waals surface area (Å²) in [6, 6.07) is 0.388. The maximum atomic E-state index is 9.00. The van der Waals surface area contributed by atoms with Crippen molar-refractivity contribution in [3.8, 4) is 0 Å². The van der Waals surface area contributed by atoms with Crippen LogP contribution in [0.4, 0.5) is 0 Å². The van der Waals surface area contributed by atoms with Gasteiger partial charge in [0.2, 0.25) is 0 Å². The van der Waals surface area contributed by atoms with E-state index in [1.54, 1.807) is 0 Å². The molecule has 0 aliphatic rings. The lowest BCUT2D eigenvalue weighted by molar-refractivity contribution is -0.134. The first-order valence-corrected chi connectivity index (χ1v) is 10.7. The molecule has 1 atom stereocenters. The Morgan fingerprint density at radius 2 is 1.20 bits per heavy atom. The van der Waals surface area contributed by atoms with Crippen molar-refractivity contribution in [3.05, 3.63) is 0 Å². The third-order valence-electron chi connectivity index (χ3n) is 5.05. The summed E-state index contributed by atoms with van der Waals surface area (Å²) in [4.78, 5) is 9.00. The van der Waals surface area contributed by atoms with Gasteiger partial charge >= 0.3 is 0 Å². The van der Waals surface area contributed by atoms with E-state index in [1.807, 2.05) is 0 Å². The highest BCUT2D eigenvalue weighted by molar-refractivity contribution is 5.62. The van der Waals surface area contributed by atoms with Gasteiger partial charge in [0, 0.05) is 13.0 Å². The Bertz CT molecular complexity index is 286. The topological polar surface area (TPSA) is 63.3 Å². The smallest absolute Gasteiger partial charge is 0.300 e. The molecule has 0 saturated heterocycles. The van der Waals surface area contributed by atoms with Gasteiger partial charge in [-0.05, 0) is 18.3 Å². The number of carbonyl (C=O) groups is 1. The van der Waals surface area contributed by atoms with Gasteiger partial charge in [-0.15, -0.1) is 0 Å². The summed E-state index contributed by atoms with van der Waals surface area (Å²) in [5, 5.41) is 7.42. The molecule has 152 valence electrons. The average Bonchev–Trinajstić information content (AvgIpc) is 2.53. The van der Waals surface area contributed by atoms with E-state index in [1.165, 1.54) is 89.9 Å². The number of carboxylic acids is 1. The van der Waals surface area contributed by atoms with Gasteiger partial charge in [0.15, 0.2) is 0 Å². The molecule has 1 unspecified atom stereocenters. The van der Waals surface area contributed by atoms with Crippen molar-refractivity contribution >= 4 is 5.97 Å². The van der Waals surface area contributed by atoms with Crippen LogP contribution in [-0.4, -0.2) is 17.1 Å². The first kappa shape index (κ1) is 26.7. The Morgan fingerprint density at radius 3 is 1.64 bits per heavy atom. The SMILES string of the molecule is CC(=O)O.CCCCCCCCCC(N)C(C)(C)CCCCCCC. The van der Waals surface area contributed by atoms with Gasteiger partial charge < -0.3 is 10.8 Å². The first-order chi connectivity index (χ1) is 11.8. The average molecular weight is 358 g/mol. The molecule has 0 spiro atoms. The second kappa shape index (κ2) is 18.2. The van der Waals surface area contributed by atoms with Crippen molar-refractivity contribution in [3.63, 3.8) is 0 Å². The lowest BCUT2D eigenvalue weighted by Crippen LogP contribution is -2.37. The minimum absolute atomic E-state index is 0.328. The maximum Gasteiger partial charge on any atom is 0.300 e. The van der Waals surface area contributed by atoms with Crippen LogP contribution < -0.4 is 5.73 Å². The molecular weight excluding hydrogens is 310 g/mol. The Kier molecular flexibility index (Phi) is 19.4. The number of aliphatic carboxylic acids is 1. The van der Waals surface area contributed by atoms with Crippen molar-refractivity contribution < 1.29 is 9.90 Å². The Labute approximate surface area is 158 Å². The molecule has 0 rings (SSSR count). The van der Waals surface area contributed by atoms with Crippen molar-refractivity contribution in [2.45, 2.75) is 131 Å². The molecule has 0 saturated carbocycles. The van der Waals surface area contributed by atoms with Crippen molar-refractivity contribution in [1.29, 1.82) is 0 Å². The molecule has 0 heterocycles. The highest BCUT2D eigenvalue weighted by Gasteiger charge is 2.25. The number of hydrogen-bond acceptors (Lipinski definition) is 2. The van der Waals surface area contributed by atoms with Gasteiger partial charge in [-0.25, -0.2) is 0 Å². The lowest BCUT2D eigenvalue weighted by atomic mass is 9.78. The molecule has 3 N–H and O–H groups in total. The predicted octanol–water partition coefficient (Wildman–Crippen LogP) is 6.93. The van der Waals surface area contributed by atoms with Gasteiger partial charge in [-0.3, -0.25) is 4.79 Å². The molecule has 0 fully saturated rings. The summed E-state index contributed by atoms with van der Waals surface area (Å²) in [6.45, 7) is 10.4. The van der Waals surface area contributed by atoms with Gasteiger partial charge in [0.05, 0.1) is 0 Å². The molecule has 0 radical (unpaired) electrons. The van der Waals surface area contributed by atoms with E-state index in [0.717, 1.165) is 6.92 Å². The zero-order chi connectivity index (χ0) is 19.6. The van der Waals surface area contributed by atoms with Crippen LogP contribution in [0.25, 0.3) is 0 Å². The summed E-state index contributed by atoms with van der Waals surface area (Å²) in [7, 11) is 0. The number of hydrogen-bond donors (Lipinski definition) is 2. The highest BCUT2D eigenvalue weighted by atomic mass is 16.4. The van der Waals surface area contributed by atoms with Gasteiger partial charge in [0.1, 0.15) is 0 Å². The molecule has 25 heavy (non-hydrogen) atoms. The Balaban J connectivity index is 0. The molecule has 0 aromatic heterocycles. The van der Waals surface area contributed by atoms with E-state index >= 15 is 0 Å². The molecule has 3 nitrogen and oxygen atoms in total. The van der Waals surface area contributed by atoms with Gasteiger partial charge in [-0.2, -0.15) is 0 Å². The van der Waals surface area contributed by atoms with Crippen molar-refractivity contribution in [1.82, 2.24) is 0 Å². The van der Waals surface area contributed by atoms with Crippen molar-refractivity contribution in [2.75, 3.05) is 0 Å². The van der Waals surface area contributed by atoms with Crippen LogP contribution in [-0.2, 0) is 4.79 Å².